The van der Waals surface area contributed by atoms with Crippen LogP contribution in [0.15, 0.2) is 39.8 Å². The molecule has 0 amide bonds. The van der Waals surface area contributed by atoms with Crippen LogP contribution in [0.2, 0.25) is 0 Å². The fourth-order valence-corrected chi connectivity index (χ4v) is 2.01. The van der Waals surface area contributed by atoms with E-state index in [2.05, 4.69) is 20.8 Å². The van der Waals surface area contributed by atoms with E-state index in [4.69, 9.17) is 14.0 Å². The average molecular weight is 460 g/mol. The Morgan fingerprint density at radius 3 is 2.52 bits per heavy atom. The predicted molar refractivity (Wildman–Crippen MR) is 108 cm³/mol. The highest BCUT2D eigenvalue weighted by Crippen LogP contribution is 2.16. The van der Waals surface area contributed by atoms with Crippen molar-refractivity contribution in [2.75, 3.05) is 27.3 Å². The molecule has 0 fully saturated rings. The van der Waals surface area contributed by atoms with Crippen LogP contribution in [0.4, 0.5) is 0 Å². The van der Waals surface area contributed by atoms with Crippen molar-refractivity contribution in [1.29, 1.82) is 0 Å². The Labute approximate surface area is 165 Å². The first kappa shape index (κ1) is 21.1. The van der Waals surface area contributed by atoms with Crippen molar-refractivity contribution < 1.29 is 14.0 Å². The highest BCUT2D eigenvalue weighted by molar-refractivity contribution is 14.0. The van der Waals surface area contributed by atoms with Crippen molar-refractivity contribution in [3.8, 4) is 11.5 Å². The third-order valence-electron chi connectivity index (χ3n) is 3.35. The summed E-state index contributed by atoms with van der Waals surface area (Å²) in [6.45, 7) is 3.72. The molecule has 0 aliphatic rings. The van der Waals surface area contributed by atoms with Crippen molar-refractivity contribution in [3.05, 3.63) is 41.8 Å². The van der Waals surface area contributed by atoms with Crippen LogP contribution in [0.3, 0.4) is 0 Å². The molecular weight excluding hydrogens is 435 g/mol. The molecule has 0 aliphatic carbocycles. The zero-order valence-electron chi connectivity index (χ0n) is 14.7. The summed E-state index contributed by atoms with van der Waals surface area (Å²) in [5.74, 6) is 3.07. The van der Waals surface area contributed by atoms with Crippen molar-refractivity contribution >= 4 is 29.9 Å². The molecule has 0 unspecified atom stereocenters. The van der Waals surface area contributed by atoms with Crippen LogP contribution in [-0.2, 0) is 13.0 Å². The Balaban J connectivity index is 0.00000312. The maximum absolute atomic E-state index is 5.65. The summed E-state index contributed by atoms with van der Waals surface area (Å²) in [6, 6.07) is 9.42. The quantitative estimate of drug-likeness (QED) is 0.273. The van der Waals surface area contributed by atoms with Gasteiger partial charge in [0.05, 0.1) is 25.9 Å². The predicted octanol–water partition coefficient (Wildman–Crippen LogP) is 2.61. The molecule has 0 atom stereocenters. The molecule has 0 radical (unpaired) electrons. The number of halogens is 1. The average Bonchev–Trinajstić information content (AvgIpc) is 3.09. The van der Waals surface area contributed by atoms with Crippen LogP contribution < -0.4 is 20.1 Å². The van der Waals surface area contributed by atoms with E-state index in [1.807, 2.05) is 37.3 Å². The molecule has 138 valence electrons. The normalized spacial score (nSPS) is 10.8. The Hall–Kier alpha value is -1.97. The van der Waals surface area contributed by atoms with Gasteiger partial charge in [-0.05, 0) is 30.7 Å². The van der Waals surface area contributed by atoms with Crippen molar-refractivity contribution in [2.45, 2.75) is 19.9 Å². The smallest absolute Gasteiger partial charge is 0.191 e. The molecule has 25 heavy (non-hydrogen) atoms. The SMILES string of the molecule is CCc1cc(CNC(=NC)NCCOc2ccc(OC)cc2)on1.I. The van der Waals surface area contributed by atoms with Crippen LogP contribution in [0, 0.1) is 0 Å². The van der Waals surface area contributed by atoms with Crippen LogP contribution in [-0.4, -0.2) is 38.4 Å². The summed E-state index contributed by atoms with van der Waals surface area (Å²) in [7, 11) is 3.36. The third-order valence-corrected chi connectivity index (χ3v) is 3.35. The van der Waals surface area contributed by atoms with Gasteiger partial charge in [-0.15, -0.1) is 24.0 Å². The van der Waals surface area contributed by atoms with Gasteiger partial charge in [0.1, 0.15) is 18.1 Å². The first-order valence-electron chi connectivity index (χ1n) is 7.91. The molecular formula is C17H25IN4O3. The number of hydrogen-bond acceptors (Lipinski definition) is 5. The summed E-state index contributed by atoms with van der Waals surface area (Å²) in [4.78, 5) is 4.16. The van der Waals surface area contributed by atoms with Gasteiger partial charge in [0, 0.05) is 13.1 Å². The monoisotopic (exact) mass is 460 g/mol. The molecule has 1 aromatic heterocycles. The van der Waals surface area contributed by atoms with Gasteiger partial charge in [-0.1, -0.05) is 12.1 Å². The first-order chi connectivity index (χ1) is 11.7. The number of ether oxygens (including phenoxy) is 2. The summed E-state index contributed by atoms with van der Waals surface area (Å²) < 4.78 is 16.0. The lowest BCUT2D eigenvalue weighted by Gasteiger charge is -2.11. The van der Waals surface area contributed by atoms with E-state index in [1.54, 1.807) is 14.2 Å². The standard InChI is InChI=1S/C17H24N4O3.HI/c1-4-13-11-16(24-21-13)12-20-17(18-2)19-9-10-23-15-7-5-14(22-3)6-8-15;/h5-8,11H,4,9-10,12H2,1-3H3,(H2,18,19,20);1H. The van der Waals surface area contributed by atoms with Gasteiger partial charge in [-0.25, -0.2) is 0 Å². The Kier molecular flexibility index (Phi) is 9.75. The van der Waals surface area contributed by atoms with Gasteiger partial charge >= 0.3 is 0 Å². The zero-order chi connectivity index (χ0) is 17.2. The van der Waals surface area contributed by atoms with Crippen molar-refractivity contribution in [1.82, 2.24) is 15.8 Å². The van der Waals surface area contributed by atoms with Gasteiger partial charge in [0.2, 0.25) is 0 Å². The lowest BCUT2D eigenvalue weighted by atomic mass is 10.3. The molecule has 0 saturated carbocycles. The van der Waals surface area contributed by atoms with E-state index in [9.17, 15) is 0 Å². The minimum atomic E-state index is 0. The molecule has 8 heteroatoms. The molecule has 0 spiro atoms. The van der Waals surface area contributed by atoms with Crippen LogP contribution in [0.5, 0.6) is 11.5 Å². The van der Waals surface area contributed by atoms with E-state index in [0.717, 1.165) is 29.4 Å². The third kappa shape index (κ3) is 7.20. The fourth-order valence-electron chi connectivity index (χ4n) is 2.01. The number of nitrogens with one attached hydrogen (secondary N) is 2. The Morgan fingerprint density at radius 2 is 1.92 bits per heavy atom. The highest BCUT2D eigenvalue weighted by atomic mass is 127. The van der Waals surface area contributed by atoms with E-state index in [0.29, 0.717) is 25.7 Å². The maximum Gasteiger partial charge on any atom is 0.191 e. The van der Waals surface area contributed by atoms with Crippen LogP contribution in [0.1, 0.15) is 18.4 Å². The van der Waals surface area contributed by atoms with Crippen molar-refractivity contribution in [2.24, 2.45) is 4.99 Å². The van der Waals surface area contributed by atoms with Gasteiger partial charge in [-0.2, -0.15) is 0 Å². The van der Waals surface area contributed by atoms with E-state index < -0.39 is 0 Å². The van der Waals surface area contributed by atoms with E-state index >= 15 is 0 Å². The van der Waals surface area contributed by atoms with Crippen molar-refractivity contribution in [3.63, 3.8) is 0 Å². The van der Waals surface area contributed by atoms with Crippen LogP contribution in [0.25, 0.3) is 0 Å². The molecule has 2 aromatic rings. The Morgan fingerprint density at radius 1 is 1.20 bits per heavy atom. The minimum Gasteiger partial charge on any atom is -0.497 e. The summed E-state index contributed by atoms with van der Waals surface area (Å²) >= 11 is 0. The van der Waals surface area contributed by atoms with E-state index in [-0.39, 0.29) is 24.0 Å². The lowest BCUT2D eigenvalue weighted by Crippen LogP contribution is -2.38. The molecule has 1 heterocycles. The number of methoxy groups -OCH3 is 1. The number of nitrogens with zero attached hydrogens (tertiary/aromatic N) is 2. The highest BCUT2D eigenvalue weighted by Gasteiger charge is 2.04. The Bertz CT molecular complexity index is 644. The maximum atomic E-state index is 5.65. The number of aryl methyl sites for hydroxylation is 1. The lowest BCUT2D eigenvalue weighted by molar-refractivity contribution is 0.320. The topological polar surface area (TPSA) is 80.9 Å². The number of rotatable bonds is 8. The van der Waals surface area contributed by atoms with E-state index in [1.165, 1.54) is 0 Å². The number of benzene rings is 1. The summed E-state index contributed by atoms with van der Waals surface area (Å²) in [5, 5.41) is 10.3. The fraction of sp³-hybridized carbons (Fsp3) is 0.412. The number of aliphatic imine (C=N–C) groups is 1. The van der Waals surface area contributed by atoms with Gasteiger partial charge < -0.3 is 24.6 Å². The molecule has 0 bridgehead atoms. The number of aromatic nitrogens is 1. The second kappa shape index (κ2) is 11.6. The molecule has 0 aliphatic heterocycles. The largest absolute Gasteiger partial charge is 0.497 e. The second-order valence-corrected chi connectivity index (χ2v) is 5.01. The molecule has 2 N–H and O–H groups in total. The summed E-state index contributed by atoms with van der Waals surface area (Å²) in [5.41, 5.74) is 0.947. The van der Waals surface area contributed by atoms with Gasteiger partial charge in [0.15, 0.2) is 11.7 Å². The first-order valence-corrected chi connectivity index (χ1v) is 7.91. The minimum absolute atomic E-state index is 0. The van der Waals surface area contributed by atoms with Gasteiger partial charge in [0.25, 0.3) is 0 Å². The second-order valence-electron chi connectivity index (χ2n) is 5.01. The number of guanidine groups is 1. The van der Waals surface area contributed by atoms with Gasteiger partial charge in [-0.3, -0.25) is 4.99 Å². The zero-order valence-corrected chi connectivity index (χ0v) is 17.1. The number of hydrogen-bond donors (Lipinski definition) is 2. The molecule has 1 aromatic carbocycles. The van der Waals surface area contributed by atoms with Crippen LogP contribution >= 0.6 is 24.0 Å². The summed E-state index contributed by atoms with van der Waals surface area (Å²) in [6.07, 6.45) is 0.860. The molecule has 0 saturated heterocycles. The molecule has 2 rings (SSSR count). The molecule has 7 nitrogen and oxygen atoms in total.